The van der Waals surface area contributed by atoms with Crippen LogP contribution in [0.3, 0.4) is 0 Å². The summed E-state index contributed by atoms with van der Waals surface area (Å²) < 4.78 is 4.68. The molecule has 0 aliphatic heterocycles. The summed E-state index contributed by atoms with van der Waals surface area (Å²) >= 11 is 0. The minimum absolute atomic E-state index is 0.0375. The Labute approximate surface area is 94.7 Å². The standard InChI is InChI=1S/C11H8N2O4/c1-7-12-10(11(14)17-7)6-8-3-2-4-9(5-8)13(15)16/h2-6,12H,1H2. The highest BCUT2D eigenvalue weighted by Crippen LogP contribution is 2.12. The van der Waals surface area contributed by atoms with E-state index >= 15 is 0 Å². The fraction of sp³-hybridized carbons (Fsp3) is 0. The molecule has 2 aromatic rings. The second-order valence-corrected chi connectivity index (χ2v) is 3.35. The smallest absolute Gasteiger partial charge is 0.361 e. The fourth-order valence-electron chi connectivity index (χ4n) is 1.38. The Morgan fingerprint density at radius 2 is 2.24 bits per heavy atom. The van der Waals surface area contributed by atoms with Gasteiger partial charge in [-0.05, 0) is 18.2 Å². The molecule has 17 heavy (non-hydrogen) atoms. The summed E-state index contributed by atoms with van der Waals surface area (Å²) in [5.41, 5.74) is 0.0890. The number of rotatable bonds is 2. The van der Waals surface area contributed by atoms with Gasteiger partial charge < -0.3 is 9.40 Å². The topological polar surface area (TPSA) is 89.1 Å². The predicted molar refractivity (Wildman–Crippen MR) is 60.8 cm³/mol. The van der Waals surface area contributed by atoms with E-state index in [4.69, 9.17) is 0 Å². The van der Waals surface area contributed by atoms with Gasteiger partial charge in [-0.2, -0.15) is 0 Å². The molecule has 0 bridgehead atoms. The predicted octanol–water partition coefficient (Wildman–Crippen LogP) is 0.115. The molecule has 0 atom stereocenters. The molecule has 2 rings (SSSR count). The Kier molecular flexibility index (Phi) is 2.61. The zero-order chi connectivity index (χ0) is 12.4. The molecule has 86 valence electrons. The van der Waals surface area contributed by atoms with Gasteiger partial charge in [0.15, 0.2) is 5.55 Å². The van der Waals surface area contributed by atoms with E-state index in [1.807, 2.05) is 0 Å². The van der Waals surface area contributed by atoms with E-state index in [-0.39, 0.29) is 16.6 Å². The van der Waals surface area contributed by atoms with Crippen LogP contribution < -0.4 is 16.5 Å². The first-order valence-corrected chi connectivity index (χ1v) is 4.70. The lowest BCUT2D eigenvalue weighted by Crippen LogP contribution is -2.21. The number of benzene rings is 1. The molecule has 1 N–H and O–H groups in total. The van der Waals surface area contributed by atoms with Gasteiger partial charge in [0, 0.05) is 12.1 Å². The number of hydrogen-bond acceptors (Lipinski definition) is 4. The van der Waals surface area contributed by atoms with Gasteiger partial charge in [0.1, 0.15) is 5.35 Å². The van der Waals surface area contributed by atoms with Gasteiger partial charge in [-0.1, -0.05) is 12.1 Å². The Balaban J connectivity index is 2.56. The van der Waals surface area contributed by atoms with Crippen LogP contribution in [-0.4, -0.2) is 9.91 Å². The number of hydrogen-bond donors (Lipinski definition) is 1. The van der Waals surface area contributed by atoms with Crippen LogP contribution in [0.5, 0.6) is 0 Å². The summed E-state index contributed by atoms with van der Waals surface area (Å²) in [6.07, 6.45) is 1.47. The number of aromatic amines is 1. The number of H-pyrrole nitrogens is 1. The van der Waals surface area contributed by atoms with Crippen molar-refractivity contribution in [2.75, 3.05) is 0 Å². The minimum atomic E-state index is -0.554. The molecule has 0 fully saturated rings. The number of nitro groups is 1. The van der Waals surface area contributed by atoms with Crippen LogP contribution in [-0.2, 0) is 0 Å². The summed E-state index contributed by atoms with van der Waals surface area (Å²) in [7, 11) is 0. The Morgan fingerprint density at radius 1 is 1.47 bits per heavy atom. The molecule has 6 nitrogen and oxygen atoms in total. The molecule has 0 aliphatic rings. The molecule has 0 aliphatic carbocycles. The molecule has 0 saturated carbocycles. The van der Waals surface area contributed by atoms with Crippen molar-refractivity contribution in [3.8, 4) is 0 Å². The number of aromatic nitrogens is 1. The van der Waals surface area contributed by atoms with E-state index in [2.05, 4.69) is 16.0 Å². The monoisotopic (exact) mass is 232 g/mol. The number of nitrogens with zero attached hydrogens (tertiary/aromatic N) is 1. The molecule has 0 unspecified atom stereocenters. The van der Waals surface area contributed by atoms with Crippen molar-refractivity contribution in [1.82, 2.24) is 4.98 Å². The van der Waals surface area contributed by atoms with E-state index in [9.17, 15) is 14.9 Å². The summed E-state index contributed by atoms with van der Waals surface area (Å²) in [6.45, 7) is 3.44. The number of oxazole rings is 1. The Hall–Kier alpha value is -2.63. The highest BCUT2D eigenvalue weighted by Gasteiger charge is 2.04. The lowest BCUT2D eigenvalue weighted by molar-refractivity contribution is -0.384. The van der Waals surface area contributed by atoms with Crippen molar-refractivity contribution in [2.24, 2.45) is 0 Å². The lowest BCUT2D eigenvalue weighted by Gasteiger charge is -1.92. The van der Waals surface area contributed by atoms with E-state index < -0.39 is 10.5 Å². The number of nitro benzene ring substituents is 1. The van der Waals surface area contributed by atoms with Crippen LogP contribution in [0.25, 0.3) is 12.7 Å². The van der Waals surface area contributed by atoms with Gasteiger partial charge in [0.05, 0.1) is 4.92 Å². The highest BCUT2D eigenvalue weighted by atomic mass is 16.6. The maximum Gasteiger partial charge on any atom is 0.361 e. The van der Waals surface area contributed by atoms with Gasteiger partial charge in [0.25, 0.3) is 5.69 Å². The van der Waals surface area contributed by atoms with Gasteiger partial charge >= 0.3 is 5.63 Å². The van der Waals surface area contributed by atoms with Gasteiger partial charge in [-0.15, -0.1) is 0 Å². The molecule has 0 amide bonds. The molecule has 1 aromatic carbocycles. The zero-order valence-corrected chi connectivity index (χ0v) is 8.67. The third-order valence-corrected chi connectivity index (χ3v) is 2.10. The van der Waals surface area contributed by atoms with Gasteiger partial charge in [-0.3, -0.25) is 10.1 Å². The molecule has 1 heterocycles. The number of nitrogens with one attached hydrogen (secondary N) is 1. The largest absolute Gasteiger partial charge is 0.405 e. The van der Waals surface area contributed by atoms with Crippen molar-refractivity contribution in [1.29, 1.82) is 0 Å². The van der Waals surface area contributed by atoms with E-state index in [0.29, 0.717) is 5.56 Å². The van der Waals surface area contributed by atoms with Crippen molar-refractivity contribution >= 4 is 18.3 Å². The van der Waals surface area contributed by atoms with Gasteiger partial charge in [0.2, 0.25) is 0 Å². The third-order valence-electron chi connectivity index (χ3n) is 2.10. The van der Waals surface area contributed by atoms with Crippen molar-refractivity contribution in [3.63, 3.8) is 0 Å². The van der Waals surface area contributed by atoms with Crippen LogP contribution in [0, 0.1) is 10.1 Å². The van der Waals surface area contributed by atoms with Crippen LogP contribution in [0.1, 0.15) is 5.56 Å². The van der Waals surface area contributed by atoms with Crippen molar-refractivity contribution < 1.29 is 9.34 Å². The normalized spacial score (nSPS) is 11.6. The first-order valence-electron chi connectivity index (χ1n) is 4.70. The second kappa shape index (κ2) is 4.09. The zero-order valence-electron chi connectivity index (χ0n) is 8.67. The minimum Gasteiger partial charge on any atom is -0.405 e. The average Bonchev–Trinajstić information content (AvgIpc) is 2.58. The van der Waals surface area contributed by atoms with Crippen molar-refractivity contribution in [3.05, 3.63) is 61.3 Å². The van der Waals surface area contributed by atoms with E-state index in [1.54, 1.807) is 12.1 Å². The maximum absolute atomic E-state index is 11.3. The van der Waals surface area contributed by atoms with Crippen LogP contribution >= 0.6 is 0 Å². The molecular weight excluding hydrogens is 224 g/mol. The van der Waals surface area contributed by atoms with Crippen LogP contribution in [0.15, 0.2) is 33.5 Å². The molecule has 0 radical (unpaired) electrons. The summed E-state index contributed by atoms with van der Waals surface area (Å²) in [6, 6.07) is 5.93. The quantitative estimate of drug-likeness (QED) is 0.588. The first-order chi connectivity index (χ1) is 8.06. The van der Waals surface area contributed by atoms with Gasteiger partial charge in [-0.25, -0.2) is 4.79 Å². The maximum atomic E-state index is 11.3. The Morgan fingerprint density at radius 3 is 2.82 bits per heavy atom. The SMILES string of the molecule is C=c1[nH]c(=Cc2cccc([N+](=O)[O-])c2)c(=O)o1. The van der Waals surface area contributed by atoms with E-state index in [1.165, 1.54) is 18.2 Å². The van der Waals surface area contributed by atoms with Crippen LogP contribution in [0.4, 0.5) is 5.69 Å². The Bertz CT molecular complexity index is 726. The molecule has 0 spiro atoms. The number of non-ortho nitro benzene ring substituents is 1. The second-order valence-electron chi connectivity index (χ2n) is 3.35. The summed E-state index contributed by atoms with van der Waals surface area (Å²) in [5, 5.41) is 10.8. The molecule has 6 heteroatoms. The first kappa shape index (κ1) is 10.9. The molecule has 1 aromatic heterocycles. The lowest BCUT2D eigenvalue weighted by atomic mass is 10.2. The summed E-state index contributed by atoms with van der Waals surface area (Å²) in [5.74, 6) is 0. The van der Waals surface area contributed by atoms with Crippen LogP contribution in [0.2, 0.25) is 0 Å². The van der Waals surface area contributed by atoms with E-state index in [0.717, 1.165) is 0 Å². The fourth-order valence-corrected chi connectivity index (χ4v) is 1.38. The average molecular weight is 232 g/mol. The molecule has 0 saturated heterocycles. The van der Waals surface area contributed by atoms with Crippen molar-refractivity contribution in [2.45, 2.75) is 0 Å². The molecular formula is C11H8N2O4. The third kappa shape index (κ3) is 2.31. The highest BCUT2D eigenvalue weighted by molar-refractivity contribution is 5.52. The summed E-state index contributed by atoms with van der Waals surface area (Å²) in [4.78, 5) is 24.0.